The highest BCUT2D eigenvalue weighted by Gasteiger charge is 2.15. The lowest BCUT2D eigenvalue weighted by molar-refractivity contribution is 0.279. The first-order valence-corrected chi connectivity index (χ1v) is 3.64. The smallest absolute Gasteiger partial charge is 0.162 e. The molecule has 71 valence electrons. The topological polar surface area (TPSA) is 20.2 Å². The molecule has 0 bridgehead atoms. The molecule has 1 radical (unpaired) electrons. The summed E-state index contributed by atoms with van der Waals surface area (Å²) in [4.78, 5) is 0. The van der Waals surface area contributed by atoms with E-state index in [2.05, 4.69) is 6.92 Å². The van der Waals surface area contributed by atoms with Crippen LogP contribution in [0.5, 0.6) is 0 Å². The monoisotopic (exact) mass is 189 g/mol. The van der Waals surface area contributed by atoms with Crippen LogP contribution in [0, 0.1) is 24.4 Å². The third-order valence-corrected chi connectivity index (χ3v) is 1.68. The van der Waals surface area contributed by atoms with Gasteiger partial charge in [0.1, 0.15) is 5.82 Å². The van der Waals surface area contributed by atoms with Gasteiger partial charge in [-0.15, -0.1) is 0 Å². The molecule has 0 saturated heterocycles. The zero-order valence-electron chi connectivity index (χ0n) is 6.73. The van der Waals surface area contributed by atoms with Gasteiger partial charge in [0.2, 0.25) is 0 Å². The molecule has 0 aliphatic heterocycles. The maximum atomic E-state index is 12.9. The van der Waals surface area contributed by atoms with Crippen molar-refractivity contribution in [1.29, 1.82) is 0 Å². The van der Waals surface area contributed by atoms with E-state index in [4.69, 9.17) is 5.11 Å². The Hall–Kier alpha value is -1.03. The van der Waals surface area contributed by atoms with Crippen LogP contribution in [0.15, 0.2) is 12.1 Å². The van der Waals surface area contributed by atoms with Crippen LogP contribution in [0.1, 0.15) is 11.5 Å². The zero-order chi connectivity index (χ0) is 10.0. The molecule has 1 nitrogen and oxygen atoms in total. The molecule has 0 amide bonds. The normalized spacial score (nSPS) is 13.0. The van der Waals surface area contributed by atoms with Gasteiger partial charge in [-0.3, -0.25) is 0 Å². The van der Waals surface area contributed by atoms with Crippen molar-refractivity contribution < 1.29 is 18.3 Å². The Morgan fingerprint density at radius 1 is 1.31 bits per heavy atom. The Labute approximate surface area is 73.8 Å². The van der Waals surface area contributed by atoms with E-state index in [9.17, 15) is 13.2 Å². The van der Waals surface area contributed by atoms with Gasteiger partial charge in [0.15, 0.2) is 11.6 Å². The van der Waals surface area contributed by atoms with Crippen LogP contribution in [0.3, 0.4) is 0 Å². The van der Waals surface area contributed by atoms with Crippen LogP contribution in [-0.2, 0) is 0 Å². The van der Waals surface area contributed by atoms with Crippen molar-refractivity contribution >= 4 is 0 Å². The average Bonchev–Trinajstić information content (AvgIpc) is 2.10. The molecule has 1 atom stereocenters. The maximum Gasteiger partial charge on any atom is 0.162 e. The van der Waals surface area contributed by atoms with E-state index in [1.54, 1.807) is 0 Å². The lowest BCUT2D eigenvalue weighted by atomic mass is 10.0. The minimum absolute atomic E-state index is 0.250. The molecule has 1 aromatic rings. The molecule has 1 N–H and O–H groups in total. The maximum absolute atomic E-state index is 12.9. The van der Waals surface area contributed by atoms with Crippen LogP contribution in [0.2, 0.25) is 0 Å². The van der Waals surface area contributed by atoms with E-state index in [0.717, 1.165) is 6.07 Å². The first kappa shape index (κ1) is 10.1. The second kappa shape index (κ2) is 3.79. The summed E-state index contributed by atoms with van der Waals surface area (Å²) >= 11 is 0. The number of hydrogen-bond acceptors (Lipinski definition) is 1. The average molecular weight is 189 g/mol. The molecule has 0 aliphatic carbocycles. The number of benzene rings is 1. The van der Waals surface area contributed by atoms with Gasteiger partial charge in [0, 0.05) is 12.0 Å². The van der Waals surface area contributed by atoms with Gasteiger partial charge in [-0.25, -0.2) is 13.2 Å². The predicted octanol–water partition coefficient (Wildman–Crippen LogP) is 2.01. The number of aliphatic hydroxyl groups excluding tert-OH is 1. The van der Waals surface area contributed by atoms with E-state index in [-0.39, 0.29) is 5.56 Å². The Balaban J connectivity index is 3.20. The van der Waals surface area contributed by atoms with Crippen molar-refractivity contribution in [3.05, 3.63) is 42.1 Å². The predicted molar refractivity (Wildman–Crippen MR) is 41.5 cm³/mol. The van der Waals surface area contributed by atoms with Gasteiger partial charge < -0.3 is 5.11 Å². The summed E-state index contributed by atoms with van der Waals surface area (Å²) in [6.45, 7) is 2.89. The van der Waals surface area contributed by atoms with Crippen molar-refractivity contribution in [2.45, 2.75) is 5.92 Å². The van der Waals surface area contributed by atoms with Crippen LogP contribution < -0.4 is 0 Å². The SMILES string of the molecule is [CH2]C(CO)c1cc(F)cc(F)c1F. The summed E-state index contributed by atoms with van der Waals surface area (Å²) in [5.74, 6) is -4.16. The molecular weight excluding hydrogens is 181 g/mol. The lowest BCUT2D eigenvalue weighted by Crippen LogP contribution is -2.05. The van der Waals surface area contributed by atoms with Crippen molar-refractivity contribution in [2.24, 2.45) is 0 Å². The highest BCUT2D eigenvalue weighted by Crippen LogP contribution is 2.21. The summed E-state index contributed by atoms with van der Waals surface area (Å²) in [5, 5.41) is 8.62. The zero-order valence-corrected chi connectivity index (χ0v) is 6.73. The molecule has 0 saturated carbocycles. The van der Waals surface area contributed by atoms with Gasteiger partial charge in [0.05, 0.1) is 6.61 Å². The van der Waals surface area contributed by atoms with E-state index in [1.165, 1.54) is 0 Å². The fourth-order valence-electron chi connectivity index (χ4n) is 0.971. The summed E-state index contributed by atoms with van der Waals surface area (Å²) in [5.41, 5.74) is -0.250. The van der Waals surface area contributed by atoms with E-state index in [1.807, 2.05) is 0 Å². The molecule has 4 heteroatoms. The Morgan fingerprint density at radius 3 is 2.46 bits per heavy atom. The second-order valence-corrected chi connectivity index (χ2v) is 2.67. The fraction of sp³-hybridized carbons (Fsp3) is 0.222. The van der Waals surface area contributed by atoms with Crippen molar-refractivity contribution in [3.63, 3.8) is 0 Å². The number of halogens is 3. The van der Waals surface area contributed by atoms with Gasteiger partial charge >= 0.3 is 0 Å². The van der Waals surface area contributed by atoms with Gasteiger partial charge in [-0.05, 0) is 18.6 Å². The molecule has 0 heterocycles. The van der Waals surface area contributed by atoms with E-state index >= 15 is 0 Å². The largest absolute Gasteiger partial charge is 0.396 e. The van der Waals surface area contributed by atoms with E-state index in [0.29, 0.717) is 6.07 Å². The number of hydrogen-bond donors (Lipinski definition) is 1. The van der Waals surface area contributed by atoms with Crippen LogP contribution >= 0.6 is 0 Å². The third kappa shape index (κ3) is 2.01. The fourth-order valence-corrected chi connectivity index (χ4v) is 0.971. The number of aliphatic hydroxyl groups is 1. The van der Waals surface area contributed by atoms with Gasteiger partial charge in [-0.1, -0.05) is 0 Å². The summed E-state index contributed by atoms with van der Waals surface area (Å²) in [7, 11) is 0. The Bertz CT molecular complexity index is 312. The molecule has 0 aromatic heterocycles. The summed E-state index contributed by atoms with van der Waals surface area (Å²) in [6, 6.07) is 1.27. The minimum atomic E-state index is -1.27. The molecule has 0 spiro atoms. The molecule has 1 aromatic carbocycles. The van der Waals surface area contributed by atoms with Crippen molar-refractivity contribution in [3.8, 4) is 0 Å². The third-order valence-electron chi connectivity index (χ3n) is 1.68. The molecule has 13 heavy (non-hydrogen) atoms. The molecule has 0 aliphatic rings. The van der Waals surface area contributed by atoms with Gasteiger partial charge in [-0.2, -0.15) is 0 Å². The highest BCUT2D eigenvalue weighted by molar-refractivity contribution is 5.24. The minimum Gasteiger partial charge on any atom is -0.396 e. The summed E-state index contributed by atoms with van der Waals surface area (Å²) < 4.78 is 38.1. The highest BCUT2D eigenvalue weighted by atomic mass is 19.2. The quantitative estimate of drug-likeness (QED) is 0.705. The summed E-state index contributed by atoms with van der Waals surface area (Å²) in [6.07, 6.45) is 0. The van der Waals surface area contributed by atoms with Crippen LogP contribution in [0.25, 0.3) is 0 Å². The van der Waals surface area contributed by atoms with Crippen molar-refractivity contribution in [2.75, 3.05) is 6.61 Å². The lowest BCUT2D eigenvalue weighted by Gasteiger charge is -2.09. The molecular formula is C9H8F3O. The first-order valence-electron chi connectivity index (χ1n) is 3.64. The Morgan fingerprint density at radius 2 is 1.92 bits per heavy atom. The van der Waals surface area contributed by atoms with Gasteiger partial charge in [0.25, 0.3) is 0 Å². The van der Waals surface area contributed by atoms with Crippen LogP contribution in [-0.4, -0.2) is 11.7 Å². The molecule has 1 unspecified atom stereocenters. The second-order valence-electron chi connectivity index (χ2n) is 2.67. The Kier molecular flexibility index (Phi) is 2.93. The van der Waals surface area contributed by atoms with E-state index < -0.39 is 30.0 Å². The molecule has 1 rings (SSSR count). The standard InChI is InChI=1S/C9H8F3O/c1-5(4-13)7-2-6(10)3-8(11)9(7)12/h2-3,5,13H,1,4H2. The van der Waals surface area contributed by atoms with Crippen LogP contribution in [0.4, 0.5) is 13.2 Å². The number of rotatable bonds is 2. The first-order chi connectivity index (χ1) is 6.06. The van der Waals surface area contributed by atoms with Crippen molar-refractivity contribution in [1.82, 2.24) is 0 Å². The molecule has 0 fully saturated rings.